The van der Waals surface area contributed by atoms with Crippen LogP contribution in [0.3, 0.4) is 0 Å². The van der Waals surface area contributed by atoms with E-state index < -0.39 is 0 Å². The zero-order valence-electron chi connectivity index (χ0n) is 36.5. The van der Waals surface area contributed by atoms with Crippen molar-refractivity contribution >= 4 is 43.6 Å². The van der Waals surface area contributed by atoms with Gasteiger partial charge < -0.3 is 4.57 Å². The molecule has 4 heterocycles. The lowest BCUT2D eigenvalue weighted by Gasteiger charge is -2.14. The molecule has 0 N–H and O–H groups in total. The van der Waals surface area contributed by atoms with Gasteiger partial charge in [0.25, 0.3) is 0 Å². The molecule has 318 valence electrons. The summed E-state index contributed by atoms with van der Waals surface area (Å²) in [5.41, 5.74) is 11.9. The van der Waals surface area contributed by atoms with Crippen molar-refractivity contribution in [3.63, 3.8) is 0 Å². The summed E-state index contributed by atoms with van der Waals surface area (Å²) in [7, 11) is 0. The van der Waals surface area contributed by atoms with E-state index in [0.29, 0.717) is 35.1 Å². The fraction of sp³-hybridized carbons (Fsp3) is 0. The first-order valence-electron chi connectivity index (χ1n) is 22.6. The minimum Gasteiger partial charge on any atom is -0.307 e. The van der Waals surface area contributed by atoms with E-state index in [0.717, 1.165) is 88.2 Å². The Morgan fingerprint density at radius 2 is 0.603 bits per heavy atom. The topological polar surface area (TPSA) is 87.2 Å². The summed E-state index contributed by atoms with van der Waals surface area (Å²) in [5, 5.41) is 4.46. The van der Waals surface area contributed by atoms with Crippen molar-refractivity contribution in [1.82, 2.24) is 39.0 Å². The summed E-state index contributed by atoms with van der Waals surface area (Å²) in [6, 6.07) is 79.3. The monoisotopic (exact) mass is 870 g/mol. The lowest BCUT2D eigenvalue weighted by atomic mass is 10.0. The summed E-state index contributed by atoms with van der Waals surface area (Å²) in [6.45, 7) is 0. The van der Waals surface area contributed by atoms with Gasteiger partial charge in [0.05, 0.1) is 22.1 Å². The van der Waals surface area contributed by atoms with Crippen molar-refractivity contribution in [3.8, 4) is 79.7 Å². The summed E-state index contributed by atoms with van der Waals surface area (Å²) in [5.74, 6) is 3.55. The van der Waals surface area contributed by atoms with E-state index in [1.165, 1.54) is 0 Å². The molecule has 0 amide bonds. The Morgan fingerprint density at radius 1 is 0.235 bits per heavy atom. The zero-order chi connectivity index (χ0) is 45.0. The van der Waals surface area contributed by atoms with Crippen molar-refractivity contribution < 1.29 is 0 Å². The Hall–Kier alpha value is -9.40. The van der Waals surface area contributed by atoms with Crippen LogP contribution < -0.4 is 0 Å². The molecule has 0 unspecified atom stereocenters. The van der Waals surface area contributed by atoms with Crippen molar-refractivity contribution in [2.45, 2.75) is 0 Å². The first-order chi connectivity index (χ1) is 33.7. The largest absolute Gasteiger partial charge is 0.307 e. The molecule has 68 heavy (non-hydrogen) atoms. The van der Waals surface area contributed by atoms with Crippen molar-refractivity contribution in [3.05, 3.63) is 231 Å². The highest BCUT2D eigenvalue weighted by atomic mass is 15.2. The highest BCUT2D eigenvalue weighted by Crippen LogP contribution is 2.42. The van der Waals surface area contributed by atoms with Crippen LogP contribution in [0.4, 0.5) is 0 Å². The molecule has 0 spiro atoms. The van der Waals surface area contributed by atoms with Gasteiger partial charge in [-0.2, -0.15) is 9.97 Å². The van der Waals surface area contributed by atoms with E-state index in [-0.39, 0.29) is 0 Å². The standard InChI is InChI=1S/C60H38N8/c1-5-18-39(19-6-1)44-26-17-27-45(38-44)59-62-55(40-20-7-2-8-21-40)61-56(63-59)43-32-34-46(35-33-43)67-51-30-15-13-28-47(51)49-36-37-50-48-29-14-16-31-52(48)68(54(50)53(49)67)60-65-57(41-22-9-3-10-23-41)64-58(66-60)42-24-11-4-12-25-42/h1-38H. The summed E-state index contributed by atoms with van der Waals surface area (Å²) < 4.78 is 4.59. The zero-order valence-corrected chi connectivity index (χ0v) is 36.5. The van der Waals surface area contributed by atoms with E-state index in [9.17, 15) is 0 Å². The highest BCUT2D eigenvalue weighted by Gasteiger charge is 2.24. The van der Waals surface area contributed by atoms with Crippen molar-refractivity contribution in [1.29, 1.82) is 0 Å². The minimum absolute atomic E-state index is 0.540. The molecule has 9 aromatic carbocycles. The van der Waals surface area contributed by atoms with Crippen LogP contribution in [0.2, 0.25) is 0 Å². The summed E-state index contributed by atoms with van der Waals surface area (Å²) in [6.07, 6.45) is 0. The molecule has 13 rings (SSSR count). The lowest BCUT2D eigenvalue weighted by Crippen LogP contribution is -2.07. The number of aromatic nitrogens is 8. The average Bonchev–Trinajstić information content (AvgIpc) is 3.95. The number of benzene rings is 9. The van der Waals surface area contributed by atoms with Gasteiger partial charge in [0.1, 0.15) is 0 Å². The van der Waals surface area contributed by atoms with Crippen LogP contribution >= 0.6 is 0 Å². The van der Waals surface area contributed by atoms with E-state index in [4.69, 9.17) is 29.9 Å². The Morgan fingerprint density at radius 3 is 1.12 bits per heavy atom. The normalized spacial score (nSPS) is 11.5. The predicted molar refractivity (Wildman–Crippen MR) is 275 cm³/mol. The second kappa shape index (κ2) is 16.2. The number of hydrogen-bond acceptors (Lipinski definition) is 6. The second-order valence-corrected chi connectivity index (χ2v) is 16.7. The van der Waals surface area contributed by atoms with Gasteiger partial charge in [0, 0.05) is 55.0 Å². The maximum atomic E-state index is 5.27. The van der Waals surface area contributed by atoms with E-state index in [1.54, 1.807) is 0 Å². The Labute approximate surface area is 391 Å². The molecule has 0 saturated carbocycles. The van der Waals surface area contributed by atoms with Crippen LogP contribution in [0.5, 0.6) is 0 Å². The van der Waals surface area contributed by atoms with Crippen LogP contribution in [-0.2, 0) is 0 Å². The molecule has 0 fully saturated rings. The number of para-hydroxylation sites is 2. The van der Waals surface area contributed by atoms with Crippen LogP contribution in [0.25, 0.3) is 123 Å². The lowest BCUT2D eigenvalue weighted by molar-refractivity contribution is 0.953. The second-order valence-electron chi connectivity index (χ2n) is 16.7. The van der Waals surface area contributed by atoms with Gasteiger partial charge in [-0.3, -0.25) is 4.57 Å². The quantitative estimate of drug-likeness (QED) is 0.151. The molecule has 0 aliphatic carbocycles. The van der Waals surface area contributed by atoms with Gasteiger partial charge in [-0.25, -0.2) is 19.9 Å². The fourth-order valence-corrected chi connectivity index (χ4v) is 9.45. The summed E-state index contributed by atoms with van der Waals surface area (Å²) >= 11 is 0. The molecule has 8 nitrogen and oxygen atoms in total. The molecule has 0 radical (unpaired) electrons. The third kappa shape index (κ3) is 6.70. The van der Waals surface area contributed by atoms with Gasteiger partial charge in [-0.15, -0.1) is 0 Å². The van der Waals surface area contributed by atoms with Crippen LogP contribution in [-0.4, -0.2) is 39.0 Å². The minimum atomic E-state index is 0.540. The van der Waals surface area contributed by atoms with Gasteiger partial charge in [0.15, 0.2) is 29.1 Å². The number of hydrogen-bond donors (Lipinski definition) is 0. The molecule has 8 heteroatoms. The predicted octanol–water partition coefficient (Wildman–Crippen LogP) is 14.3. The van der Waals surface area contributed by atoms with Crippen molar-refractivity contribution in [2.24, 2.45) is 0 Å². The number of nitrogens with zero attached hydrogens (tertiary/aromatic N) is 8. The molecule has 13 aromatic rings. The first kappa shape index (κ1) is 39.0. The van der Waals surface area contributed by atoms with Gasteiger partial charge in [-0.05, 0) is 53.6 Å². The Kier molecular flexibility index (Phi) is 9.31. The van der Waals surface area contributed by atoms with Crippen molar-refractivity contribution in [2.75, 3.05) is 0 Å². The molecule has 0 atom stereocenters. The highest BCUT2D eigenvalue weighted by molar-refractivity contribution is 6.23. The van der Waals surface area contributed by atoms with Gasteiger partial charge >= 0.3 is 0 Å². The van der Waals surface area contributed by atoms with E-state index in [2.05, 4.69) is 143 Å². The fourth-order valence-electron chi connectivity index (χ4n) is 9.45. The number of fused-ring (bicyclic) bond motifs is 7. The van der Waals surface area contributed by atoms with Crippen LogP contribution in [0, 0.1) is 0 Å². The van der Waals surface area contributed by atoms with E-state index in [1.807, 2.05) is 97.1 Å². The third-order valence-electron chi connectivity index (χ3n) is 12.6. The molecule has 4 aromatic heterocycles. The van der Waals surface area contributed by atoms with Gasteiger partial charge in [0.2, 0.25) is 5.95 Å². The molecule has 0 aliphatic rings. The maximum Gasteiger partial charge on any atom is 0.238 e. The maximum absolute atomic E-state index is 5.27. The number of rotatable bonds is 8. The first-order valence-corrected chi connectivity index (χ1v) is 22.6. The molecule has 0 saturated heterocycles. The van der Waals surface area contributed by atoms with Crippen LogP contribution in [0.15, 0.2) is 231 Å². The summed E-state index contributed by atoms with van der Waals surface area (Å²) in [4.78, 5) is 30.9. The molecular weight excluding hydrogens is 833 g/mol. The average molecular weight is 871 g/mol. The third-order valence-corrected chi connectivity index (χ3v) is 12.6. The molecular formula is C60H38N8. The van der Waals surface area contributed by atoms with E-state index >= 15 is 0 Å². The molecule has 0 bridgehead atoms. The van der Waals surface area contributed by atoms with Crippen LogP contribution in [0.1, 0.15) is 0 Å². The SMILES string of the molecule is c1ccc(-c2cccc(-c3nc(-c4ccccc4)nc(-c4ccc(-n5c6ccccc6c6ccc7c8ccccc8n(-c8nc(-c9ccccc9)nc(-c9ccccc9)n8)c7c65)cc4)n3)c2)cc1. The molecule has 0 aliphatic heterocycles. The van der Waals surface area contributed by atoms with Gasteiger partial charge in [-0.1, -0.05) is 188 Å². The Balaban J connectivity index is 1.02. The smallest absolute Gasteiger partial charge is 0.238 e. The Bertz CT molecular complexity index is 3940.